The molecule has 2 aromatic carbocycles. The van der Waals surface area contributed by atoms with E-state index in [1.165, 1.54) is 35.9 Å². The van der Waals surface area contributed by atoms with Gasteiger partial charge in [-0.2, -0.15) is 15.1 Å². The van der Waals surface area contributed by atoms with Crippen LogP contribution in [0, 0.1) is 15.5 Å². The fourth-order valence-corrected chi connectivity index (χ4v) is 3.82. The monoisotopic (exact) mass is 471 g/mol. The number of hydrogen-bond donors (Lipinski definition) is 1. The third kappa shape index (κ3) is 4.20. The molecule has 2 aliphatic heterocycles. The predicted molar refractivity (Wildman–Crippen MR) is 122 cm³/mol. The molecule has 10 nitrogen and oxygen atoms in total. The number of hydrazone groups is 1. The van der Waals surface area contributed by atoms with Crippen molar-refractivity contribution in [2.45, 2.75) is 6.61 Å². The number of carbonyl (C=O) groups excluding carboxylic acids is 1. The summed E-state index contributed by atoms with van der Waals surface area (Å²) >= 11 is 7.56. The van der Waals surface area contributed by atoms with E-state index in [0.717, 1.165) is 11.8 Å². The fourth-order valence-electron chi connectivity index (χ4n) is 2.94. The summed E-state index contributed by atoms with van der Waals surface area (Å²) < 4.78 is 11.2. The zero-order chi connectivity index (χ0) is 22.8. The summed E-state index contributed by atoms with van der Waals surface area (Å²) in [4.78, 5) is 26.6. The lowest BCUT2D eigenvalue weighted by Gasteiger charge is -2.20. The number of ether oxygens (including phenoxy) is 2. The summed E-state index contributed by atoms with van der Waals surface area (Å²) in [5.74, 6) is -0.0387. The van der Waals surface area contributed by atoms with Gasteiger partial charge in [0.15, 0.2) is 22.5 Å². The maximum Gasteiger partial charge on any atom is 0.283 e. The lowest BCUT2D eigenvalue weighted by atomic mass is 10.1. The molecule has 4 rings (SSSR count). The lowest BCUT2D eigenvalue weighted by molar-refractivity contribution is -0.384. The largest absolute Gasteiger partial charge is 0.493 e. The molecule has 0 spiro atoms. The number of nitro benzene ring substituents is 1. The van der Waals surface area contributed by atoms with Crippen LogP contribution in [-0.4, -0.2) is 39.5 Å². The van der Waals surface area contributed by atoms with Crippen LogP contribution >= 0.6 is 23.4 Å². The van der Waals surface area contributed by atoms with E-state index in [1.54, 1.807) is 24.3 Å². The molecule has 0 saturated carbocycles. The van der Waals surface area contributed by atoms with Crippen LogP contribution in [0.5, 0.6) is 11.5 Å². The summed E-state index contributed by atoms with van der Waals surface area (Å²) in [6.45, 7) is 0.111. The van der Waals surface area contributed by atoms with Crippen LogP contribution in [0.1, 0.15) is 11.1 Å². The maximum atomic E-state index is 12.4. The molecule has 0 bridgehead atoms. The van der Waals surface area contributed by atoms with Crippen molar-refractivity contribution in [1.82, 2.24) is 5.01 Å². The summed E-state index contributed by atoms with van der Waals surface area (Å²) in [7, 11) is 1.45. The number of thioether (sulfide) groups is 1. The predicted octanol–water partition coefficient (Wildman–Crippen LogP) is 4.08. The maximum absolute atomic E-state index is 12.4. The van der Waals surface area contributed by atoms with Crippen molar-refractivity contribution in [3.05, 3.63) is 68.2 Å². The van der Waals surface area contributed by atoms with Gasteiger partial charge in [-0.05, 0) is 53.2 Å². The molecule has 1 N–H and O–H groups in total. The van der Waals surface area contributed by atoms with Gasteiger partial charge in [-0.25, -0.2) is 0 Å². The Kier molecular flexibility index (Phi) is 5.93. The number of carbonyl (C=O) groups is 1. The van der Waals surface area contributed by atoms with Gasteiger partial charge in [0.05, 0.1) is 28.2 Å². The van der Waals surface area contributed by atoms with E-state index >= 15 is 0 Å². The van der Waals surface area contributed by atoms with Crippen molar-refractivity contribution < 1.29 is 19.2 Å². The highest BCUT2D eigenvalue weighted by Crippen LogP contribution is 2.38. The van der Waals surface area contributed by atoms with Crippen LogP contribution in [0.25, 0.3) is 6.08 Å². The highest BCUT2D eigenvalue weighted by Gasteiger charge is 2.32. The van der Waals surface area contributed by atoms with Crippen molar-refractivity contribution in [3.8, 4) is 11.5 Å². The molecule has 1 amide bonds. The molecule has 0 atom stereocenters. The van der Waals surface area contributed by atoms with Crippen LogP contribution in [0.2, 0.25) is 5.02 Å². The van der Waals surface area contributed by atoms with Gasteiger partial charge in [-0.15, -0.1) is 0 Å². The highest BCUT2D eigenvalue weighted by molar-refractivity contribution is 8.25. The van der Waals surface area contributed by atoms with E-state index in [0.29, 0.717) is 22.0 Å². The Labute approximate surface area is 190 Å². The minimum Gasteiger partial charge on any atom is -0.493 e. The highest BCUT2D eigenvalue weighted by atomic mass is 35.5. The summed E-state index contributed by atoms with van der Waals surface area (Å²) in [5.41, 5.74) is 2.77. The number of nitrogens with one attached hydrogen (secondary N) is 1. The zero-order valence-corrected chi connectivity index (χ0v) is 18.0. The number of amidine groups is 2. The molecule has 0 aliphatic carbocycles. The first-order chi connectivity index (χ1) is 15.4. The topological polar surface area (TPSA) is 130 Å². The van der Waals surface area contributed by atoms with Gasteiger partial charge in [-0.1, -0.05) is 11.6 Å². The van der Waals surface area contributed by atoms with Gasteiger partial charge in [0, 0.05) is 12.1 Å². The Bertz CT molecular complexity index is 1230. The van der Waals surface area contributed by atoms with Crippen LogP contribution in [0.15, 0.2) is 52.1 Å². The third-order valence-corrected chi connectivity index (χ3v) is 5.45. The summed E-state index contributed by atoms with van der Waals surface area (Å²) in [5, 5.41) is 24.9. The molecule has 162 valence electrons. The van der Waals surface area contributed by atoms with Crippen LogP contribution in [0.4, 0.5) is 5.69 Å². The number of benzene rings is 2. The molecule has 32 heavy (non-hydrogen) atoms. The lowest BCUT2D eigenvalue weighted by Crippen LogP contribution is -2.35. The molecule has 0 fully saturated rings. The number of methoxy groups -OCH3 is 1. The first-order valence-electron chi connectivity index (χ1n) is 9.04. The number of nitrogens with zero attached hydrogens (tertiary/aromatic N) is 4. The van der Waals surface area contributed by atoms with Crippen molar-refractivity contribution in [2.24, 2.45) is 10.1 Å². The smallest absolute Gasteiger partial charge is 0.283 e. The van der Waals surface area contributed by atoms with Crippen molar-refractivity contribution in [1.29, 1.82) is 5.41 Å². The van der Waals surface area contributed by atoms with Gasteiger partial charge in [-0.3, -0.25) is 20.3 Å². The minimum atomic E-state index is -0.548. The number of halogens is 1. The number of amides is 1. The fraction of sp³-hybridized carbons (Fsp3) is 0.100. The Morgan fingerprint density at radius 2 is 2.06 bits per heavy atom. The van der Waals surface area contributed by atoms with Crippen LogP contribution in [-0.2, 0) is 11.4 Å². The van der Waals surface area contributed by atoms with Gasteiger partial charge >= 0.3 is 0 Å². The molecular formula is C20H14ClN5O5S. The van der Waals surface area contributed by atoms with Gasteiger partial charge in [0.25, 0.3) is 11.6 Å². The van der Waals surface area contributed by atoms with Crippen LogP contribution < -0.4 is 9.47 Å². The Morgan fingerprint density at radius 1 is 1.31 bits per heavy atom. The zero-order valence-electron chi connectivity index (χ0n) is 16.4. The Balaban J connectivity index is 1.58. The van der Waals surface area contributed by atoms with Gasteiger partial charge < -0.3 is 9.47 Å². The molecule has 12 heteroatoms. The molecular weight excluding hydrogens is 458 g/mol. The standard InChI is InChI=1S/C20H14ClN5O5S/c1-30-16-8-12(6-14-18(22)25-20(24-19(14)27)32-10-23-25)7-15(21)17(16)31-9-11-2-4-13(5-3-11)26(28)29/h2-8,10,22H,9H2,1H3/b14-6+,22-18?. The van der Waals surface area contributed by atoms with Crippen LogP contribution in [0.3, 0.4) is 0 Å². The summed E-state index contributed by atoms with van der Waals surface area (Å²) in [6, 6.07) is 9.15. The van der Waals surface area contributed by atoms with Gasteiger partial charge in [0.1, 0.15) is 6.61 Å². The third-order valence-electron chi connectivity index (χ3n) is 4.49. The van der Waals surface area contributed by atoms with E-state index in [-0.39, 0.29) is 34.5 Å². The quantitative estimate of drug-likeness (QED) is 0.381. The SMILES string of the molecule is COc1cc(/C=C2\C(=N)N3N=CSC3=NC2=O)cc(Cl)c1OCc1ccc([N+](=O)[O-])cc1. The number of fused-ring (bicyclic) bond motifs is 1. The molecule has 0 unspecified atom stereocenters. The average Bonchev–Trinajstić information content (AvgIpc) is 3.24. The Morgan fingerprint density at radius 3 is 2.75 bits per heavy atom. The second-order valence-electron chi connectivity index (χ2n) is 6.50. The molecule has 0 saturated heterocycles. The molecule has 2 heterocycles. The van der Waals surface area contributed by atoms with E-state index in [1.807, 2.05) is 0 Å². The normalized spacial score (nSPS) is 16.2. The molecule has 2 aliphatic rings. The van der Waals surface area contributed by atoms with Crippen molar-refractivity contribution in [2.75, 3.05) is 7.11 Å². The molecule has 2 aromatic rings. The van der Waals surface area contributed by atoms with E-state index in [2.05, 4.69) is 10.1 Å². The minimum absolute atomic E-state index is 0.0146. The first-order valence-corrected chi connectivity index (χ1v) is 10.3. The summed E-state index contributed by atoms with van der Waals surface area (Å²) in [6.07, 6.45) is 1.48. The van der Waals surface area contributed by atoms with Crippen molar-refractivity contribution in [3.63, 3.8) is 0 Å². The van der Waals surface area contributed by atoms with E-state index in [4.69, 9.17) is 26.5 Å². The molecule has 0 aromatic heterocycles. The first kappa shape index (κ1) is 21.5. The number of rotatable bonds is 6. The Hall–Kier alpha value is -3.70. The van der Waals surface area contributed by atoms with E-state index < -0.39 is 10.8 Å². The molecule has 0 radical (unpaired) electrons. The second kappa shape index (κ2) is 8.81. The van der Waals surface area contributed by atoms with Gasteiger partial charge in [0.2, 0.25) is 0 Å². The number of nitro groups is 1. The van der Waals surface area contributed by atoms with Crippen molar-refractivity contribution >= 4 is 57.6 Å². The number of hydrogen-bond acceptors (Lipinski definition) is 8. The van der Waals surface area contributed by atoms with E-state index in [9.17, 15) is 14.9 Å². The second-order valence-corrected chi connectivity index (χ2v) is 7.72. The average molecular weight is 472 g/mol. The number of aliphatic imine (C=N–C) groups is 1. The number of non-ortho nitro benzene ring substituents is 1.